The van der Waals surface area contributed by atoms with Crippen LogP contribution in [0.1, 0.15) is 16.6 Å². The highest BCUT2D eigenvalue weighted by Gasteiger charge is 2.44. The first-order valence-electron chi connectivity index (χ1n) is 6.49. The number of carbonyl (C=O) groups excluding carboxylic acids is 1. The summed E-state index contributed by atoms with van der Waals surface area (Å²) in [4.78, 5) is 19.4. The van der Waals surface area contributed by atoms with Crippen LogP contribution in [0.2, 0.25) is 0 Å². The Balaban J connectivity index is 2.16. The van der Waals surface area contributed by atoms with E-state index in [-0.39, 0.29) is 22.4 Å². The summed E-state index contributed by atoms with van der Waals surface area (Å²) in [5, 5.41) is 29.3. The molecular formula is C12H15N5O5. The Morgan fingerprint density at radius 2 is 2.09 bits per heavy atom. The Morgan fingerprint density at radius 1 is 1.36 bits per heavy atom. The highest BCUT2D eigenvalue weighted by Crippen LogP contribution is 2.34. The number of aliphatic hydroxyl groups excluding tert-OH is 3. The Hall–Kier alpha value is -2.27. The van der Waals surface area contributed by atoms with Crippen LogP contribution < -0.4 is 11.5 Å². The number of aromatic nitrogens is 3. The first kappa shape index (κ1) is 14.7. The summed E-state index contributed by atoms with van der Waals surface area (Å²) in [7, 11) is 0. The number of aliphatic hydroxyl groups is 3. The number of nitrogen functional groups attached to an aromatic ring is 1. The van der Waals surface area contributed by atoms with Crippen molar-refractivity contribution < 1.29 is 24.9 Å². The topological polar surface area (TPSA) is 170 Å². The summed E-state index contributed by atoms with van der Waals surface area (Å²) in [6.45, 7) is -0.465. The third-order valence-corrected chi connectivity index (χ3v) is 3.70. The zero-order valence-electron chi connectivity index (χ0n) is 11.3. The first-order chi connectivity index (χ1) is 10.5. The van der Waals surface area contributed by atoms with Crippen molar-refractivity contribution in [1.82, 2.24) is 14.5 Å². The molecule has 0 aliphatic carbocycles. The van der Waals surface area contributed by atoms with Gasteiger partial charge in [-0.05, 0) is 0 Å². The van der Waals surface area contributed by atoms with E-state index in [4.69, 9.17) is 21.3 Å². The second-order valence-electron chi connectivity index (χ2n) is 5.00. The van der Waals surface area contributed by atoms with Crippen molar-refractivity contribution in [2.45, 2.75) is 24.5 Å². The normalized spacial score (nSPS) is 28.3. The number of anilines is 1. The smallest absolute Gasteiger partial charge is 0.251 e. The average molecular weight is 309 g/mol. The maximum atomic E-state index is 11.6. The molecule has 1 amide bonds. The number of nitrogens with two attached hydrogens (primary N) is 2. The van der Waals surface area contributed by atoms with Gasteiger partial charge >= 0.3 is 0 Å². The SMILES string of the molecule is NC(=O)c1cn(C2OC(CO)[C@H](O)[C@@H]2O)c2ncnc(N)c12. The molecule has 10 nitrogen and oxygen atoms in total. The molecule has 3 rings (SSSR count). The third-order valence-electron chi connectivity index (χ3n) is 3.70. The number of primary amides is 1. The molecule has 0 aromatic carbocycles. The second kappa shape index (κ2) is 5.18. The van der Waals surface area contributed by atoms with Crippen molar-refractivity contribution in [2.75, 3.05) is 12.3 Å². The average Bonchev–Trinajstić information content (AvgIpc) is 3.00. The molecule has 2 unspecified atom stereocenters. The molecule has 4 atom stereocenters. The molecular weight excluding hydrogens is 294 g/mol. The van der Waals surface area contributed by atoms with E-state index in [2.05, 4.69) is 9.97 Å². The molecule has 2 aromatic heterocycles. The summed E-state index contributed by atoms with van der Waals surface area (Å²) in [5.41, 5.74) is 11.4. The predicted molar refractivity (Wildman–Crippen MR) is 73.5 cm³/mol. The number of fused-ring (bicyclic) bond motifs is 1. The summed E-state index contributed by atoms with van der Waals surface area (Å²) in [6.07, 6.45) is -2.06. The van der Waals surface area contributed by atoms with Crippen LogP contribution in [0.15, 0.2) is 12.5 Å². The predicted octanol–water partition coefficient (Wildman–Crippen LogP) is -2.28. The molecule has 1 saturated heterocycles. The summed E-state index contributed by atoms with van der Waals surface area (Å²) in [5.74, 6) is -0.679. The van der Waals surface area contributed by atoms with Gasteiger partial charge in [-0.15, -0.1) is 0 Å². The molecule has 118 valence electrons. The fourth-order valence-corrected chi connectivity index (χ4v) is 2.60. The van der Waals surface area contributed by atoms with Crippen LogP contribution >= 0.6 is 0 Å². The Labute approximate surface area is 123 Å². The highest BCUT2D eigenvalue weighted by molar-refractivity contribution is 6.08. The molecule has 0 radical (unpaired) electrons. The largest absolute Gasteiger partial charge is 0.394 e. The van der Waals surface area contributed by atoms with Crippen LogP contribution in [0.25, 0.3) is 11.0 Å². The highest BCUT2D eigenvalue weighted by atomic mass is 16.6. The van der Waals surface area contributed by atoms with Crippen molar-refractivity contribution in [3.63, 3.8) is 0 Å². The van der Waals surface area contributed by atoms with Crippen LogP contribution in [0.4, 0.5) is 5.82 Å². The van der Waals surface area contributed by atoms with Crippen molar-refractivity contribution in [3.8, 4) is 0 Å². The Kier molecular flexibility index (Phi) is 3.45. The van der Waals surface area contributed by atoms with E-state index in [0.717, 1.165) is 0 Å². The molecule has 0 spiro atoms. The second-order valence-corrected chi connectivity index (χ2v) is 5.00. The molecule has 1 fully saturated rings. The van der Waals surface area contributed by atoms with Gasteiger partial charge in [0.25, 0.3) is 5.91 Å². The van der Waals surface area contributed by atoms with Crippen molar-refractivity contribution >= 4 is 22.8 Å². The van der Waals surface area contributed by atoms with Gasteiger partial charge in [0.05, 0.1) is 17.6 Å². The lowest BCUT2D eigenvalue weighted by atomic mass is 10.1. The molecule has 22 heavy (non-hydrogen) atoms. The Morgan fingerprint density at radius 3 is 2.68 bits per heavy atom. The van der Waals surface area contributed by atoms with Crippen LogP contribution in [0.5, 0.6) is 0 Å². The van der Waals surface area contributed by atoms with Gasteiger partial charge in [-0.25, -0.2) is 9.97 Å². The molecule has 2 aromatic rings. The van der Waals surface area contributed by atoms with E-state index in [0.29, 0.717) is 0 Å². The van der Waals surface area contributed by atoms with Crippen LogP contribution in [0.3, 0.4) is 0 Å². The van der Waals surface area contributed by atoms with Gasteiger partial charge < -0.3 is 36.1 Å². The van der Waals surface area contributed by atoms with E-state index in [9.17, 15) is 15.0 Å². The zero-order valence-corrected chi connectivity index (χ0v) is 11.3. The zero-order chi connectivity index (χ0) is 16.0. The lowest BCUT2D eigenvalue weighted by Crippen LogP contribution is -2.33. The van der Waals surface area contributed by atoms with E-state index >= 15 is 0 Å². The van der Waals surface area contributed by atoms with Gasteiger partial charge in [0.15, 0.2) is 6.23 Å². The van der Waals surface area contributed by atoms with E-state index in [1.165, 1.54) is 17.1 Å². The van der Waals surface area contributed by atoms with Crippen LogP contribution in [0, 0.1) is 0 Å². The van der Waals surface area contributed by atoms with Crippen LogP contribution in [-0.2, 0) is 4.74 Å². The molecule has 0 bridgehead atoms. The number of nitrogens with zero attached hydrogens (tertiary/aromatic N) is 3. The summed E-state index contributed by atoms with van der Waals surface area (Å²) >= 11 is 0. The van der Waals surface area contributed by atoms with E-state index in [1.807, 2.05) is 0 Å². The lowest BCUT2D eigenvalue weighted by molar-refractivity contribution is -0.0508. The number of rotatable bonds is 3. The van der Waals surface area contributed by atoms with Gasteiger partial charge in [0, 0.05) is 6.20 Å². The number of hydrogen-bond acceptors (Lipinski definition) is 8. The third kappa shape index (κ3) is 2.01. The van der Waals surface area contributed by atoms with Crippen molar-refractivity contribution in [3.05, 3.63) is 18.1 Å². The van der Waals surface area contributed by atoms with Crippen molar-refractivity contribution in [2.24, 2.45) is 5.73 Å². The lowest BCUT2D eigenvalue weighted by Gasteiger charge is -2.17. The van der Waals surface area contributed by atoms with E-state index < -0.39 is 37.1 Å². The fourth-order valence-electron chi connectivity index (χ4n) is 2.60. The standard InChI is InChI=1S/C12H15N5O5/c13-9-6-4(10(14)21)1-17(11(6)16-3-15-9)12-8(20)7(19)5(2-18)22-12/h1,3,5,7-8,12,18-20H,2H2,(H2,14,21)(H2,13,15,16)/t5?,7-,8-,12?/m0/s1. The van der Waals surface area contributed by atoms with Gasteiger partial charge in [0.2, 0.25) is 0 Å². The fraction of sp³-hybridized carbons (Fsp3) is 0.417. The molecule has 1 aliphatic heterocycles. The molecule has 1 aliphatic rings. The quantitative estimate of drug-likeness (QED) is 0.422. The maximum Gasteiger partial charge on any atom is 0.251 e. The maximum absolute atomic E-state index is 11.6. The molecule has 10 heteroatoms. The molecule has 7 N–H and O–H groups in total. The van der Waals surface area contributed by atoms with Gasteiger partial charge in [0.1, 0.15) is 36.1 Å². The number of hydrogen-bond donors (Lipinski definition) is 5. The minimum Gasteiger partial charge on any atom is -0.394 e. The number of carbonyl (C=O) groups is 1. The minimum atomic E-state index is -1.32. The Bertz CT molecular complexity index is 732. The number of amides is 1. The first-order valence-corrected chi connectivity index (χ1v) is 6.49. The molecule has 0 saturated carbocycles. The summed E-state index contributed by atoms with van der Waals surface area (Å²) in [6, 6.07) is 0. The van der Waals surface area contributed by atoms with E-state index in [1.54, 1.807) is 0 Å². The summed E-state index contributed by atoms with van der Waals surface area (Å²) < 4.78 is 6.77. The monoisotopic (exact) mass is 309 g/mol. The van der Waals surface area contributed by atoms with Gasteiger partial charge in [-0.2, -0.15) is 0 Å². The molecule has 3 heterocycles. The van der Waals surface area contributed by atoms with Gasteiger partial charge in [-0.1, -0.05) is 0 Å². The number of ether oxygens (including phenoxy) is 1. The van der Waals surface area contributed by atoms with Gasteiger partial charge in [-0.3, -0.25) is 4.79 Å². The van der Waals surface area contributed by atoms with Crippen molar-refractivity contribution in [1.29, 1.82) is 0 Å². The minimum absolute atomic E-state index is 0.0595. The van der Waals surface area contributed by atoms with Crippen LogP contribution in [-0.4, -0.2) is 60.7 Å².